The van der Waals surface area contributed by atoms with Gasteiger partial charge >= 0.3 is 378 Å². The van der Waals surface area contributed by atoms with Crippen molar-refractivity contribution < 1.29 is 45.4 Å². The Bertz CT molecular complexity index is 3520. The quantitative estimate of drug-likeness (QED) is 0.0362. The standard InChI is InChI=1S/C78H80O2P.2Os/c1-8-12-14-25-49-78(50-26-15-13-9-2)76-51-63(28-10-3)43-47-74(76)75-48-44-64(52-77(75)78)29-27-30-68-56-80-58-70(68)53-66(59(5)6)45-41-61-37-39-62(40-38-61)42-46-67(54-69-57-79-55-65(69)11-4)60(7)81(71-31-19-16-20-32-71,72-33-21-17-22-34-72)73-35-23-18-24-36-73;;/h10-11,16-24,27-48,51-54H,8-9,12-15,25-26,49-50,55-58H2,1-5H3;;/q+1;;/b28-10+,29-27+,45-41+,46-42+,65-11?,66-59?,67-60?,68-30?,69-54?,70-53?;;. The number of unbranched alkanes of at least 4 members (excludes halogenated alkanes) is 6. The van der Waals surface area contributed by atoms with Crippen LogP contribution in [0.2, 0.25) is 0 Å². The Morgan fingerprint density at radius 3 is 1.45 bits per heavy atom. The van der Waals surface area contributed by atoms with Crippen LogP contribution in [-0.2, 0) is 50.8 Å². The minimum absolute atomic E-state index is 0.0330. The summed E-state index contributed by atoms with van der Waals surface area (Å²) in [6.45, 7) is 13.4. The molecule has 424 valence electrons. The SMILES string of the molecule is CC=C1COCC1=CC(/C=C/c1ccc(/C=C/C(C=C2COCC2=C/C=C/c2ccc3c(c2)C(CCCCCC)(CCCCCC)c2cc(/C=C/C)ccc2-3)=C(C)[C]#[Os])cc1)=C([C]#[Os])[P+](c1ccccc1)(c1ccccc1)c1ccccc1. The molecule has 0 bridgehead atoms. The van der Waals surface area contributed by atoms with Crippen LogP contribution >= 0.6 is 7.26 Å². The number of ether oxygens (including phenoxy) is 2. The molecule has 2 nitrogen and oxygen atoms in total. The monoisotopic (exact) mass is 1460 g/mol. The van der Waals surface area contributed by atoms with Gasteiger partial charge in [0, 0.05) is 5.41 Å². The third kappa shape index (κ3) is 14.5. The molecule has 9 rings (SSSR count). The zero-order chi connectivity index (χ0) is 57.9. The molecule has 2 saturated heterocycles. The van der Waals surface area contributed by atoms with Crippen molar-refractivity contribution in [3.05, 3.63) is 278 Å². The van der Waals surface area contributed by atoms with Crippen molar-refractivity contribution in [2.24, 2.45) is 0 Å². The van der Waals surface area contributed by atoms with Crippen LogP contribution in [0.25, 0.3) is 35.4 Å². The third-order valence-corrected chi connectivity index (χ3v) is 23.0. The van der Waals surface area contributed by atoms with Crippen LogP contribution in [0.4, 0.5) is 0 Å². The van der Waals surface area contributed by atoms with Crippen LogP contribution in [0.1, 0.15) is 132 Å². The molecule has 0 atom stereocenters. The Labute approximate surface area is 517 Å². The molecule has 83 heavy (non-hydrogen) atoms. The van der Waals surface area contributed by atoms with Crippen molar-refractivity contribution >= 4 is 47.5 Å². The molecule has 0 saturated carbocycles. The van der Waals surface area contributed by atoms with E-state index in [0.29, 0.717) is 26.4 Å². The summed E-state index contributed by atoms with van der Waals surface area (Å²) in [5, 5.41) is 5.08. The Hall–Kier alpha value is -6.10. The third-order valence-electron chi connectivity index (χ3n) is 16.7. The van der Waals surface area contributed by atoms with Crippen molar-refractivity contribution in [2.75, 3.05) is 26.4 Å². The van der Waals surface area contributed by atoms with Gasteiger partial charge in [-0.3, -0.25) is 0 Å². The Kier molecular flexibility index (Phi) is 22.7. The van der Waals surface area contributed by atoms with Crippen molar-refractivity contribution in [1.82, 2.24) is 0 Å². The topological polar surface area (TPSA) is 18.5 Å². The minimum atomic E-state index is -2.44. The number of allylic oxidation sites excluding steroid dienone is 12. The van der Waals surface area contributed by atoms with Crippen LogP contribution in [0.5, 0.6) is 0 Å². The number of hydrogen-bond acceptors (Lipinski definition) is 2. The molecule has 0 N–H and O–H groups in total. The van der Waals surface area contributed by atoms with Gasteiger partial charge in [-0.1, -0.05) is 95.6 Å². The summed E-state index contributed by atoms with van der Waals surface area (Å²) in [6.07, 6.45) is 39.7. The first-order valence-electron chi connectivity index (χ1n) is 30.0. The van der Waals surface area contributed by atoms with E-state index in [4.69, 9.17) is 9.47 Å². The summed E-state index contributed by atoms with van der Waals surface area (Å²) >= 11 is 3.59. The van der Waals surface area contributed by atoms with Gasteiger partial charge in [0.1, 0.15) is 0 Å². The second-order valence-corrected chi connectivity index (χ2v) is 26.7. The second-order valence-electron chi connectivity index (χ2n) is 22.1. The van der Waals surface area contributed by atoms with Crippen molar-refractivity contribution in [1.29, 1.82) is 0 Å². The molecule has 0 radical (unpaired) electrons. The first-order chi connectivity index (χ1) is 40.8. The molecule has 1 aliphatic carbocycles. The number of benzene rings is 6. The van der Waals surface area contributed by atoms with Crippen LogP contribution in [0, 0.1) is 8.74 Å². The fourth-order valence-electron chi connectivity index (χ4n) is 12.3. The van der Waals surface area contributed by atoms with Crippen molar-refractivity contribution in [3.8, 4) is 19.9 Å². The normalized spacial score (nSPS) is 17.6. The van der Waals surface area contributed by atoms with Gasteiger partial charge in [0.05, 0.1) is 0 Å². The average molecular weight is 1460 g/mol. The van der Waals surface area contributed by atoms with Gasteiger partial charge in [0.15, 0.2) is 0 Å². The van der Waals surface area contributed by atoms with Gasteiger partial charge in [-0.25, -0.2) is 0 Å². The summed E-state index contributed by atoms with van der Waals surface area (Å²) in [5.74, 6) is 0. The van der Waals surface area contributed by atoms with E-state index in [0.717, 1.165) is 27.8 Å². The summed E-state index contributed by atoms with van der Waals surface area (Å²) in [6, 6.07) is 56.6. The molecule has 2 heterocycles. The molecule has 0 unspecified atom stereocenters. The van der Waals surface area contributed by atoms with Gasteiger partial charge in [-0.15, -0.1) is 0 Å². The Morgan fingerprint density at radius 2 is 0.964 bits per heavy atom. The van der Waals surface area contributed by atoms with E-state index in [1.807, 2.05) is 17.9 Å². The maximum atomic E-state index is 6.15. The Morgan fingerprint density at radius 1 is 0.506 bits per heavy atom. The molecule has 0 amide bonds. The van der Waals surface area contributed by atoms with Crippen LogP contribution < -0.4 is 15.9 Å². The van der Waals surface area contributed by atoms with E-state index in [1.54, 1.807) is 23.5 Å². The second kappa shape index (κ2) is 30.6. The van der Waals surface area contributed by atoms with Gasteiger partial charge in [-0.05, 0) is 42.0 Å². The van der Waals surface area contributed by atoms with E-state index in [2.05, 4.69) is 268 Å². The zero-order valence-electron chi connectivity index (χ0n) is 49.2. The molecule has 5 heteroatoms. The van der Waals surface area contributed by atoms with Crippen molar-refractivity contribution in [3.63, 3.8) is 0 Å². The summed E-state index contributed by atoms with van der Waals surface area (Å²) in [4.78, 5) is 0. The Balaban J connectivity index is 0.992. The fourth-order valence-corrected chi connectivity index (χ4v) is 18.5. The van der Waals surface area contributed by atoms with Crippen LogP contribution in [0.15, 0.2) is 245 Å². The number of hydrogen-bond donors (Lipinski definition) is 0. The predicted molar refractivity (Wildman–Crippen MR) is 351 cm³/mol. The zero-order valence-corrected chi connectivity index (χ0v) is 55.2. The van der Waals surface area contributed by atoms with Gasteiger partial charge in [-0.2, -0.15) is 0 Å². The molecule has 6 aromatic rings. The molecule has 6 aromatic carbocycles. The first-order valence-corrected chi connectivity index (χ1v) is 34.3. The number of rotatable bonds is 23. The van der Waals surface area contributed by atoms with E-state index in [1.165, 1.54) is 136 Å². The molecular weight excluding hydrogens is 1380 g/mol. The van der Waals surface area contributed by atoms with Gasteiger partial charge < -0.3 is 0 Å². The molecule has 3 aliphatic rings. The van der Waals surface area contributed by atoms with Crippen LogP contribution in [-0.4, -0.2) is 26.4 Å². The van der Waals surface area contributed by atoms with E-state index < -0.39 is 7.26 Å². The molecular formula is C78H80O2Os2P+. The van der Waals surface area contributed by atoms with Gasteiger partial charge in [0.25, 0.3) is 0 Å². The van der Waals surface area contributed by atoms with Crippen LogP contribution in [0.3, 0.4) is 0 Å². The summed E-state index contributed by atoms with van der Waals surface area (Å²) in [7, 11) is -2.44. The maximum absolute atomic E-state index is 6.15. The molecule has 0 aromatic heterocycles. The van der Waals surface area contributed by atoms with E-state index in [-0.39, 0.29) is 5.41 Å². The van der Waals surface area contributed by atoms with Crippen molar-refractivity contribution in [2.45, 2.75) is 104 Å². The molecule has 2 fully saturated rings. The number of fused-ring (bicyclic) bond motifs is 3. The predicted octanol–water partition coefficient (Wildman–Crippen LogP) is 19.0. The first kappa shape index (κ1) is 61.5. The molecule has 2 aliphatic heterocycles. The van der Waals surface area contributed by atoms with Gasteiger partial charge in [0.2, 0.25) is 0 Å². The van der Waals surface area contributed by atoms with E-state index >= 15 is 0 Å². The van der Waals surface area contributed by atoms with E-state index in [9.17, 15) is 0 Å². The summed E-state index contributed by atoms with van der Waals surface area (Å²) < 4.78 is 19.5. The fraction of sp³-hybridized carbons (Fsp3) is 0.256. The molecule has 0 spiro atoms. The summed E-state index contributed by atoms with van der Waals surface area (Å²) in [5.41, 5.74) is 19.0. The average Bonchev–Trinajstić information content (AvgIpc) is 3.08.